The molecule has 1 heterocycles. The van der Waals surface area contributed by atoms with Gasteiger partial charge in [0.1, 0.15) is 0 Å². The van der Waals surface area contributed by atoms with E-state index in [0.29, 0.717) is 19.0 Å². The summed E-state index contributed by atoms with van der Waals surface area (Å²) in [6.07, 6.45) is 1.91. The molecule has 0 spiro atoms. The number of hydrogen-bond acceptors (Lipinski definition) is 4. The highest BCUT2D eigenvalue weighted by Gasteiger charge is 2.29. The van der Waals surface area contributed by atoms with Crippen LogP contribution in [0.1, 0.15) is 19.8 Å². The molecule has 7 heteroatoms. The van der Waals surface area contributed by atoms with Gasteiger partial charge in [0.2, 0.25) is 10.0 Å². The highest BCUT2D eigenvalue weighted by molar-refractivity contribution is 7.89. The normalized spacial score (nSPS) is 21.3. The molecular weight excluding hydrogens is 265 g/mol. The predicted molar refractivity (Wildman–Crippen MR) is 73.4 cm³/mol. The van der Waals surface area contributed by atoms with Crippen LogP contribution in [0.2, 0.25) is 0 Å². The Hall–Kier alpha value is -0.885. The standard InChI is InChI=1S/C12H18BNO4S/c1-10-4-3-7-14(9-10)19(17,18)12-6-2-5-11(8-12)13(15)16/h2,5-6,8,10,15-16H,3-4,7,9H2,1H3/t10-/m1/s1. The Morgan fingerprint density at radius 3 is 2.74 bits per heavy atom. The van der Waals surface area contributed by atoms with Crippen LogP contribution in [0.5, 0.6) is 0 Å². The molecule has 0 unspecified atom stereocenters. The van der Waals surface area contributed by atoms with E-state index >= 15 is 0 Å². The summed E-state index contributed by atoms with van der Waals surface area (Å²) >= 11 is 0. The van der Waals surface area contributed by atoms with Crippen molar-refractivity contribution < 1.29 is 18.5 Å². The van der Waals surface area contributed by atoms with Gasteiger partial charge in [-0.15, -0.1) is 0 Å². The van der Waals surface area contributed by atoms with Gasteiger partial charge in [0, 0.05) is 13.1 Å². The summed E-state index contributed by atoms with van der Waals surface area (Å²) in [7, 11) is -5.20. The first-order valence-corrected chi connectivity index (χ1v) is 7.81. The third-order valence-electron chi connectivity index (χ3n) is 3.41. The van der Waals surface area contributed by atoms with E-state index in [2.05, 4.69) is 0 Å². The SMILES string of the molecule is C[C@@H]1CCCN(S(=O)(=O)c2cccc(B(O)O)c2)C1. The molecule has 19 heavy (non-hydrogen) atoms. The van der Waals surface area contributed by atoms with Gasteiger partial charge in [-0.05, 0) is 36.4 Å². The van der Waals surface area contributed by atoms with Crippen LogP contribution in [0.4, 0.5) is 0 Å². The maximum absolute atomic E-state index is 12.5. The van der Waals surface area contributed by atoms with Crippen molar-refractivity contribution in [3.05, 3.63) is 24.3 Å². The van der Waals surface area contributed by atoms with E-state index < -0.39 is 17.1 Å². The van der Waals surface area contributed by atoms with Crippen LogP contribution in [0, 0.1) is 5.92 Å². The van der Waals surface area contributed by atoms with E-state index in [4.69, 9.17) is 10.0 Å². The van der Waals surface area contributed by atoms with Gasteiger partial charge in [-0.1, -0.05) is 19.1 Å². The van der Waals surface area contributed by atoms with Crippen molar-refractivity contribution in [1.29, 1.82) is 0 Å². The molecule has 104 valence electrons. The summed E-state index contributed by atoms with van der Waals surface area (Å²) in [5, 5.41) is 18.2. The molecule has 2 rings (SSSR count). The van der Waals surface area contributed by atoms with Gasteiger partial charge >= 0.3 is 7.12 Å². The number of benzene rings is 1. The van der Waals surface area contributed by atoms with E-state index in [-0.39, 0.29) is 10.4 Å². The quantitative estimate of drug-likeness (QED) is 0.752. The smallest absolute Gasteiger partial charge is 0.423 e. The number of piperidine rings is 1. The second-order valence-corrected chi connectivity index (χ2v) is 6.99. The first-order chi connectivity index (χ1) is 8.91. The minimum Gasteiger partial charge on any atom is -0.423 e. The fourth-order valence-electron chi connectivity index (χ4n) is 2.35. The van der Waals surface area contributed by atoms with Crippen molar-refractivity contribution in [2.75, 3.05) is 13.1 Å². The molecule has 5 nitrogen and oxygen atoms in total. The highest BCUT2D eigenvalue weighted by Crippen LogP contribution is 2.22. The fourth-order valence-corrected chi connectivity index (χ4v) is 4.00. The second kappa shape index (κ2) is 5.62. The lowest BCUT2D eigenvalue weighted by molar-refractivity contribution is 0.281. The average Bonchev–Trinajstić information content (AvgIpc) is 2.39. The van der Waals surface area contributed by atoms with Gasteiger partial charge in [0.15, 0.2) is 0 Å². The Labute approximate surface area is 114 Å². The van der Waals surface area contributed by atoms with Crippen molar-refractivity contribution in [1.82, 2.24) is 4.31 Å². The van der Waals surface area contributed by atoms with E-state index in [0.717, 1.165) is 12.8 Å². The number of hydrogen-bond donors (Lipinski definition) is 2. The summed E-state index contributed by atoms with van der Waals surface area (Å²) in [6.45, 7) is 3.09. The van der Waals surface area contributed by atoms with Crippen LogP contribution >= 0.6 is 0 Å². The Balaban J connectivity index is 2.31. The number of sulfonamides is 1. The lowest BCUT2D eigenvalue weighted by atomic mass is 9.80. The molecule has 0 aliphatic carbocycles. The Bertz CT molecular complexity index is 546. The van der Waals surface area contributed by atoms with Gasteiger partial charge in [-0.3, -0.25) is 0 Å². The zero-order chi connectivity index (χ0) is 14.0. The zero-order valence-electron chi connectivity index (χ0n) is 10.9. The molecule has 0 bridgehead atoms. The Kier molecular flexibility index (Phi) is 4.30. The van der Waals surface area contributed by atoms with E-state index in [1.807, 2.05) is 6.92 Å². The van der Waals surface area contributed by atoms with Gasteiger partial charge in [0.05, 0.1) is 4.90 Å². The van der Waals surface area contributed by atoms with E-state index in [1.54, 1.807) is 0 Å². The molecule has 1 aliphatic rings. The minimum atomic E-state index is -3.54. The summed E-state index contributed by atoms with van der Waals surface area (Å²) in [4.78, 5) is 0.118. The molecule has 0 aromatic heterocycles. The number of nitrogens with zero attached hydrogens (tertiary/aromatic N) is 1. The summed E-state index contributed by atoms with van der Waals surface area (Å²) in [5.41, 5.74) is 0.186. The van der Waals surface area contributed by atoms with Crippen molar-refractivity contribution >= 4 is 22.6 Å². The molecule has 1 aliphatic heterocycles. The van der Waals surface area contributed by atoms with Gasteiger partial charge < -0.3 is 10.0 Å². The van der Waals surface area contributed by atoms with Crippen LogP contribution in [0.15, 0.2) is 29.2 Å². The van der Waals surface area contributed by atoms with Crippen molar-refractivity contribution in [3.63, 3.8) is 0 Å². The van der Waals surface area contributed by atoms with Gasteiger partial charge in [-0.25, -0.2) is 8.42 Å². The molecule has 1 aromatic carbocycles. The molecule has 2 N–H and O–H groups in total. The molecule has 0 amide bonds. The lowest BCUT2D eigenvalue weighted by Crippen LogP contribution is -2.39. The van der Waals surface area contributed by atoms with Gasteiger partial charge in [-0.2, -0.15) is 4.31 Å². The van der Waals surface area contributed by atoms with Gasteiger partial charge in [0.25, 0.3) is 0 Å². The third kappa shape index (κ3) is 3.17. The first-order valence-electron chi connectivity index (χ1n) is 6.37. The zero-order valence-corrected chi connectivity index (χ0v) is 11.7. The maximum atomic E-state index is 12.5. The van der Waals surface area contributed by atoms with Crippen LogP contribution in [0.3, 0.4) is 0 Å². The first kappa shape index (κ1) is 14.5. The summed E-state index contributed by atoms with van der Waals surface area (Å²) in [6, 6.07) is 5.82. The van der Waals surface area contributed by atoms with Crippen molar-refractivity contribution in [3.8, 4) is 0 Å². The third-order valence-corrected chi connectivity index (χ3v) is 5.27. The maximum Gasteiger partial charge on any atom is 0.488 e. The monoisotopic (exact) mass is 283 g/mol. The molecule has 1 fully saturated rings. The van der Waals surface area contributed by atoms with Crippen LogP contribution < -0.4 is 5.46 Å². The molecule has 0 saturated carbocycles. The molecule has 1 atom stereocenters. The topological polar surface area (TPSA) is 77.8 Å². The highest BCUT2D eigenvalue weighted by atomic mass is 32.2. The lowest BCUT2D eigenvalue weighted by Gasteiger charge is -2.30. The molecule has 1 saturated heterocycles. The summed E-state index contributed by atoms with van der Waals surface area (Å²) in [5.74, 6) is 0.357. The molecule has 0 radical (unpaired) electrons. The van der Waals surface area contributed by atoms with E-state index in [1.165, 1.54) is 28.6 Å². The Morgan fingerprint density at radius 1 is 1.37 bits per heavy atom. The summed E-state index contributed by atoms with van der Waals surface area (Å²) < 4.78 is 26.4. The average molecular weight is 283 g/mol. The van der Waals surface area contributed by atoms with Crippen LogP contribution in [-0.2, 0) is 10.0 Å². The van der Waals surface area contributed by atoms with Crippen LogP contribution in [-0.4, -0.2) is 43.0 Å². The molecular formula is C12H18BNO4S. The second-order valence-electron chi connectivity index (χ2n) is 5.06. The fraction of sp³-hybridized carbons (Fsp3) is 0.500. The molecule has 1 aromatic rings. The van der Waals surface area contributed by atoms with Crippen molar-refractivity contribution in [2.24, 2.45) is 5.92 Å². The van der Waals surface area contributed by atoms with Crippen LogP contribution in [0.25, 0.3) is 0 Å². The minimum absolute atomic E-state index is 0.118. The van der Waals surface area contributed by atoms with E-state index in [9.17, 15) is 8.42 Å². The van der Waals surface area contributed by atoms with Crippen molar-refractivity contribution in [2.45, 2.75) is 24.7 Å². The predicted octanol–water partition coefficient (Wildman–Crippen LogP) is -0.213. The Morgan fingerprint density at radius 2 is 2.11 bits per heavy atom. The number of rotatable bonds is 3. The largest absolute Gasteiger partial charge is 0.488 e.